The van der Waals surface area contributed by atoms with Gasteiger partial charge in [0.1, 0.15) is 5.56 Å². The van der Waals surface area contributed by atoms with E-state index < -0.39 is 37.1 Å². The van der Waals surface area contributed by atoms with Crippen molar-refractivity contribution in [1.29, 1.82) is 0 Å². The Labute approximate surface area is 191 Å². The molecule has 0 spiro atoms. The van der Waals surface area contributed by atoms with E-state index in [0.717, 1.165) is 17.3 Å². The number of rotatable bonds is 9. The first kappa shape index (κ1) is 24.0. The van der Waals surface area contributed by atoms with Crippen molar-refractivity contribution in [2.45, 2.75) is 25.0 Å². The van der Waals surface area contributed by atoms with Crippen LogP contribution < -0.4 is 16.2 Å². The lowest BCUT2D eigenvalue weighted by molar-refractivity contribution is 0.0926. The molecule has 170 valence electrons. The Hall–Kier alpha value is -3.68. The Morgan fingerprint density at radius 2 is 1.61 bits per heavy atom. The molecule has 0 saturated carbocycles. The summed E-state index contributed by atoms with van der Waals surface area (Å²) in [6.45, 7) is 1.69. The van der Waals surface area contributed by atoms with Gasteiger partial charge in [0.25, 0.3) is 17.4 Å². The summed E-state index contributed by atoms with van der Waals surface area (Å²) in [4.78, 5) is 53.1. The first-order valence-corrected chi connectivity index (χ1v) is 11.6. The smallest absolute Gasteiger partial charge is 0.345 e. The molecule has 0 saturated heterocycles. The molecule has 9 nitrogen and oxygen atoms in total. The van der Waals surface area contributed by atoms with Crippen LogP contribution in [0.25, 0.3) is 0 Å². The maximum Gasteiger partial charge on any atom is 0.510 e. The van der Waals surface area contributed by atoms with Crippen molar-refractivity contribution < 1.29 is 19.0 Å². The van der Waals surface area contributed by atoms with Gasteiger partial charge in [0.05, 0.1) is 12.6 Å². The summed E-state index contributed by atoms with van der Waals surface area (Å²) in [5, 5.41) is 5.32. The number of amides is 2. The van der Waals surface area contributed by atoms with Crippen LogP contribution in [-0.2, 0) is 4.57 Å². The third-order valence-electron chi connectivity index (χ3n) is 5.08. The van der Waals surface area contributed by atoms with Gasteiger partial charge in [-0.15, -0.1) is 0 Å². The molecular weight excluding hydrogens is 443 g/mol. The fourth-order valence-electron chi connectivity index (χ4n) is 3.20. The molecule has 0 aliphatic rings. The molecule has 2 atom stereocenters. The standard InChI is InChI=1S/C23H23N4O5P/c1-2-17(33(31)32)13-25-23(30)20-24-14-18(22(29)27-20)21(28)26-19(15-9-5-3-6-10-15)16-11-7-4-8-12-16/h3-12,14,17,19H,2,13H2,1H3,(H3-,24,25,26,27,28,29,30,31,32)/p+1. The Kier molecular flexibility index (Phi) is 8.18. The lowest BCUT2D eigenvalue weighted by atomic mass is 9.98. The van der Waals surface area contributed by atoms with Gasteiger partial charge < -0.3 is 15.6 Å². The zero-order chi connectivity index (χ0) is 23.8. The van der Waals surface area contributed by atoms with Crippen molar-refractivity contribution in [3.63, 3.8) is 0 Å². The van der Waals surface area contributed by atoms with E-state index in [1.54, 1.807) is 6.92 Å². The molecule has 1 aromatic heterocycles. The lowest BCUT2D eigenvalue weighted by Gasteiger charge is -2.19. The number of carbonyl (C=O) groups is 2. The fourth-order valence-corrected chi connectivity index (χ4v) is 3.76. The molecule has 3 aromatic rings. The Balaban J connectivity index is 1.77. The predicted octanol–water partition coefficient (Wildman–Crippen LogP) is 2.53. The third-order valence-corrected chi connectivity index (χ3v) is 6.25. The van der Waals surface area contributed by atoms with E-state index in [1.165, 1.54) is 0 Å². The van der Waals surface area contributed by atoms with Crippen molar-refractivity contribution >= 4 is 19.8 Å². The van der Waals surface area contributed by atoms with Crippen LogP contribution in [0.5, 0.6) is 0 Å². The van der Waals surface area contributed by atoms with Gasteiger partial charge in [-0.3, -0.25) is 14.4 Å². The van der Waals surface area contributed by atoms with Crippen LogP contribution in [0.2, 0.25) is 0 Å². The molecular formula is C23H24N4O5P+. The van der Waals surface area contributed by atoms with Crippen molar-refractivity contribution in [2.75, 3.05) is 6.54 Å². The minimum absolute atomic E-state index is 0.0389. The maximum absolute atomic E-state index is 12.9. The number of hydrogen-bond donors (Lipinski definition) is 4. The third kappa shape index (κ3) is 6.19. The largest absolute Gasteiger partial charge is 0.510 e. The minimum Gasteiger partial charge on any atom is -0.345 e. The van der Waals surface area contributed by atoms with E-state index in [9.17, 15) is 23.8 Å². The van der Waals surface area contributed by atoms with Gasteiger partial charge in [0.15, 0.2) is 5.82 Å². The van der Waals surface area contributed by atoms with E-state index in [0.29, 0.717) is 6.42 Å². The lowest BCUT2D eigenvalue weighted by Crippen LogP contribution is -2.36. The van der Waals surface area contributed by atoms with Crippen LogP contribution in [0, 0.1) is 0 Å². The molecule has 2 amide bonds. The topological polar surface area (TPSA) is 141 Å². The summed E-state index contributed by atoms with van der Waals surface area (Å²) in [5.41, 5.74) is 0.0602. The fraction of sp³-hybridized carbons (Fsp3) is 0.217. The molecule has 1 heterocycles. The summed E-state index contributed by atoms with van der Waals surface area (Å²) >= 11 is 0. The molecule has 0 aliphatic carbocycles. The molecule has 3 rings (SSSR count). The average Bonchev–Trinajstić information content (AvgIpc) is 2.83. The van der Waals surface area contributed by atoms with Crippen molar-refractivity contribution in [2.24, 2.45) is 0 Å². The van der Waals surface area contributed by atoms with Crippen LogP contribution in [0.15, 0.2) is 71.7 Å². The van der Waals surface area contributed by atoms with Gasteiger partial charge in [-0.2, -0.15) is 4.89 Å². The van der Waals surface area contributed by atoms with E-state index in [1.807, 2.05) is 60.7 Å². The molecule has 0 fully saturated rings. The number of aromatic amines is 1. The number of H-pyrrole nitrogens is 1. The van der Waals surface area contributed by atoms with Gasteiger partial charge in [0.2, 0.25) is 5.66 Å². The summed E-state index contributed by atoms with van der Waals surface area (Å²) in [6.07, 6.45) is 1.44. The van der Waals surface area contributed by atoms with Gasteiger partial charge in [-0.05, 0) is 22.1 Å². The minimum atomic E-state index is -2.44. The first-order valence-electron chi connectivity index (χ1n) is 10.3. The maximum atomic E-state index is 12.9. The zero-order valence-corrected chi connectivity index (χ0v) is 18.8. The monoisotopic (exact) mass is 467 g/mol. The normalized spacial score (nSPS) is 12.2. The first-order chi connectivity index (χ1) is 15.9. The van der Waals surface area contributed by atoms with E-state index >= 15 is 0 Å². The van der Waals surface area contributed by atoms with Crippen LogP contribution in [0.3, 0.4) is 0 Å². The summed E-state index contributed by atoms with van der Waals surface area (Å²) in [5.74, 6) is -1.64. The summed E-state index contributed by atoms with van der Waals surface area (Å²) < 4.78 is 11.2. The van der Waals surface area contributed by atoms with Gasteiger partial charge >= 0.3 is 8.03 Å². The predicted molar refractivity (Wildman–Crippen MR) is 123 cm³/mol. The Morgan fingerprint density at radius 3 is 2.09 bits per heavy atom. The average molecular weight is 467 g/mol. The molecule has 2 unspecified atom stereocenters. The van der Waals surface area contributed by atoms with Crippen molar-refractivity contribution in [1.82, 2.24) is 20.6 Å². The van der Waals surface area contributed by atoms with E-state index in [4.69, 9.17) is 0 Å². The van der Waals surface area contributed by atoms with E-state index in [-0.39, 0.29) is 17.9 Å². The molecule has 33 heavy (non-hydrogen) atoms. The number of carbonyl (C=O) groups excluding carboxylic acids is 2. The number of aromatic nitrogens is 2. The molecule has 0 aliphatic heterocycles. The van der Waals surface area contributed by atoms with Crippen molar-refractivity contribution in [3.05, 3.63) is 99.7 Å². The van der Waals surface area contributed by atoms with Crippen LogP contribution >= 0.6 is 8.03 Å². The van der Waals surface area contributed by atoms with Gasteiger partial charge in [0, 0.05) is 6.20 Å². The van der Waals surface area contributed by atoms with Crippen LogP contribution in [0.4, 0.5) is 0 Å². The van der Waals surface area contributed by atoms with Crippen LogP contribution in [-0.4, -0.2) is 38.9 Å². The molecule has 4 N–H and O–H groups in total. The zero-order valence-electron chi connectivity index (χ0n) is 17.9. The highest BCUT2D eigenvalue weighted by atomic mass is 31.1. The number of hydrogen-bond acceptors (Lipinski definition) is 5. The van der Waals surface area contributed by atoms with E-state index in [2.05, 4.69) is 20.6 Å². The van der Waals surface area contributed by atoms with Crippen LogP contribution in [0.1, 0.15) is 51.5 Å². The highest BCUT2D eigenvalue weighted by Crippen LogP contribution is 2.24. The second-order valence-corrected chi connectivity index (χ2v) is 8.61. The van der Waals surface area contributed by atoms with Crippen molar-refractivity contribution in [3.8, 4) is 0 Å². The number of benzene rings is 2. The second kappa shape index (κ2) is 11.3. The molecule has 10 heteroatoms. The molecule has 0 bridgehead atoms. The number of nitrogens with zero attached hydrogens (tertiary/aromatic N) is 1. The highest BCUT2D eigenvalue weighted by Gasteiger charge is 2.28. The summed E-state index contributed by atoms with van der Waals surface area (Å²) in [6, 6.07) is 18.2. The molecule has 2 aromatic carbocycles. The molecule has 0 radical (unpaired) electrons. The summed E-state index contributed by atoms with van der Waals surface area (Å²) in [7, 11) is -2.44. The number of nitrogens with one attached hydrogen (secondary N) is 3. The van der Waals surface area contributed by atoms with Gasteiger partial charge in [-0.1, -0.05) is 67.6 Å². The second-order valence-electron chi connectivity index (χ2n) is 7.28. The quantitative estimate of drug-likeness (QED) is 0.357. The SMILES string of the molecule is CCC(CNC(=O)c1ncc(C(=O)NC(c2ccccc2)c2ccccc2)c(=O)[nH]1)[P+](=O)O. The highest BCUT2D eigenvalue weighted by molar-refractivity contribution is 7.38. The Bertz CT molecular complexity index is 1140. The Morgan fingerprint density at radius 1 is 1.03 bits per heavy atom. The van der Waals surface area contributed by atoms with Gasteiger partial charge in [-0.25, -0.2) is 4.98 Å².